The highest BCUT2D eigenvalue weighted by Crippen LogP contribution is 2.25. The minimum atomic E-state index is -0.248. The van der Waals surface area contributed by atoms with Gasteiger partial charge in [0.15, 0.2) is 0 Å². The number of halogens is 2. The molecule has 0 radical (unpaired) electrons. The van der Waals surface area contributed by atoms with Crippen LogP contribution in [0.25, 0.3) is 0 Å². The molecule has 2 aromatic rings. The van der Waals surface area contributed by atoms with Crippen LogP contribution in [-0.4, -0.2) is 37.7 Å². The molecule has 1 unspecified atom stereocenters. The Morgan fingerprint density at radius 2 is 1.92 bits per heavy atom. The second-order valence-electron chi connectivity index (χ2n) is 5.90. The SMILES string of the molecule is N#Cc1cc(Cl)ccc1NCC(c1ccc(F)cc1)N1CCOCC1. The van der Waals surface area contributed by atoms with E-state index in [-0.39, 0.29) is 11.9 Å². The Hall–Kier alpha value is -2.13. The lowest BCUT2D eigenvalue weighted by atomic mass is 10.0. The predicted molar refractivity (Wildman–Crippen MR) is 96.2 cm³/mol. The number of nitriles is 1. The van der Waals surface area contributed by atoms with Crippen LogP contribution < -0.4 is 5.32 Å². The molecule has 0 spiro atoms. The van der Waals surface area contributed by atoms with Crippen molar-refractivity contribution < 1.29 is 9.13 Å². The van der Waals surface area contributed by atoms with Gasteiger partial charge in [0.25, 0.3) is 0 Å². The molecule has 0 bridgehead atoms. The third-order valence-corrected chi connectivity index (χ3v) is 4.56. The molecule has 0 aliphatic carbocycles. The topological polar surface area (TPSA) is 48.3 Å². The van der Waals surface area contributed by atoms with Crippen molar-refractivity contribution in [2.45, 2.75) is 6.04 Å². The zero-order valence-corrected chi connectivity index (χ0v) is 14.5. The number of hydrogen-bond acceptors (Lipinski definition) is 4. The maximum absolute atomic E-state index is 13.3. The van der Waals surface area contributed by atoms with Gasteiger partial charge in [0.05, 0.1) is 30.5 Å². The van der Waals surface area contributed by atoms with E-state index < -0.39 is 0 Å². The van der Waals surface area contributed by atoms with Gasteiger partial charge in [-0.1, -0.05) is 23.7 Å². The summed E-state index contributed by atoms with van der Waals surface area (Å²) in [5.74, 6) is -0.248. The van der Waals surface area contributed by atoms with Gasteiger partial charge in [0, 0.05) is 24.7 Å². The second-order valence-corrected chi connectivity index (χ2v) is 6.33. The van der Waals surface area contributed by atoms with Crippen LogP contribution in [0.4, 0.5) is 10.1 Å². The summed E-state index contributed by atoms with van der Waals surface area (Å²) >= 11 is 5.95. The van der Waals surface area contributed by atoms with Gasteiger partial charge in [-0.05, 0) is 35.9 Å². The van der Waals surface area contributed by atoms with Gasteiger partial charge >= 0.3 is 0 Å². The van der Waals surface area contributed by atoms with Crippen molar-refractivity contribution in [3.8, 4) is 6.07 Å². The molecular formula is C19H19ClFN3O. The standard InChI is InChI=1S/C19H19ClFN3O/c20-16-3-6-18(15(11-16)12-22)23-13-19(24-7-9-25-10-8-24)14-1-4-17(21)5-2-14/h1-6,11,19,23H,7-10,13H2. The highest BCUT2D eigenvalue weighted by atomic mass is 35.5. The van der Waals surface area contributed by atoms with Crippen molar-refractivity contribution in [1.82, 2.24) is 4.90 Å². The van der Waals surface area contributed by atoms with Crippen LogP contribution in [-0.2, 0) is 4.74 Å². The molecule has 6 heteroatoms. The first kappa shape index (κ1) is 17.7. The number of ether oxygens (including phenoxy) is 1. The van der Waals surface area contributed by atoms with Crippen LogP contribution in [0.15, 0.2) is 42.5 Å². The summed E-state index contributed by atoms with van der Waals surface area (Å²) in [6.07, 6.45) is 0. The zero-order chi connectivity index (χ0) is 17.6. The molecule has 0 aromatic heterocycles. The smallest absolute Gasteiger partial charge is 0.123 e. The van der Waals surface area contributed by atoms with E-state index in [4.69, 9.17) is 16.3 Å². The van der Waals surface area contributed by atoms with Crippen LogP contribution in [0.3, 0.4) is 0 Å². The van der Waals surface area contributed by atoms with Crippen molar-refractivity contribution in [2.24, 2.45) is 0 Å². The van der Waals surface area contributed by atoms with E-state index in [1.807, 2.05) is 18.2 Å². The molecule has 1 atom stereocenters. The lowest BCUT2D eigenvalue weighted by Crippen LogP contribution is -2.41. The number of morpholine rings is 1. The van der Waals surface area contributed by atoms with E-state index in [9.17, 15) is 9.65 Å². The Balaban J connectivity index is 1.80. The minimum absolute atomic E-state index is 0.0618. The molecule has 130 valence electrons. The largest absolute Gasteiger partial charge is 0.382 e. The Kier molecular flexibility index (Phi) is 5.87. The quantitative estimate of drug-likeness (QED) is 0.881. The number of hydrogen-bond donors (Lipinski definition) is 1. The molecule has 1 heterocycles. The summed E-state index contributed by atoms with van der Waals surface area (Å²) in [5.41, 5.74) is 2.28. The van der Waals surface area contributed by atoms with Crippen LogP contribution >= 0.6 is 11.6 Å². The Bertz CT molecular complexity index is 754. The molecule has 1 fully saturated rings. The summed E-state index contributed by atoms with van der Waals surface area (Å²) < 4.78 is 18.7. The van der Waals surface area contributed by atoms with Gasteiger partial charge in [0.1, 0.15) is 11.9 Å². The van der Waals surface area contributed by atoms with E-state index in [2.05, 4.69) is 16.3 Å². The Morgan fingerprint density at radius 1 is 1.20 bits per heavy atom. The molecule has 4 nitrogen and oxygen atoms in total. The number of nitrogens with zero attached hydrogens (tertiary/aromatic N) is 2. The van der Waals surface area contributed by atoms with Crippen molar-refractivity contribution in [1.29, 1.82) is 5.26 Å². The molecule has 1 N–H and O–H groups in total. The van der Waals surface area contributed by atoms with Gasteiger partial charge in [-0.2, -0.15) is 5.26 Å². The number of benzene rings is 2. The maximum Gasteiger partial charge on any atom is 0.123 e. The van der Waals surface area contributed by atoms with Crippen molar-refractivity contribution in [3.63, 3.8) is 0 Å². The molecule has 25 heavy (non-hydrogen) atoms. The fraction of sp³-hybridized carbons (Fsp3) is 0.316. The normalized spacial score (nSPS) is 16.2. The van der Waals surface area contributed by atoms with E-state index in [1.54, 1.807) is 12.1 Å². The molecule has 0 saturated carbocycles. The molecule has 2 aromatic carbocycles. The molecule has 1 saturated heterocycles. The first-order chi connectivity index (χ1) is 12.2. The predicted octanol–water partition coefficient (Wildman–Crippen LogP) is 3.84. The van der Waals surface area contributed by atoms with Crippen molar-refractivity contribution in [2.75, 3.05) is 38.2 Å². The van der Waals surface area contributed by atoms with Gasteiger partial charge in [-0.3, -0.25) is 4.90 Å². The summed E-state index contributed by atoms with van der Waals surface area (Å²) in [6.45, 7) is 3.59. The molecule has 3 rings (SSSR count). The zero-order valence-electron chi connectivity index (χ0n) is 13.7. The first-order valence-corrected chi connectivity index (χ1v) is 8.56. The summed E-state index contributed by atoms with van der Waals surface area (Å²) in [4.78, 5) is 2.31. The number of anilines is 1. The fourth-order valence-electron chi connectivity index (χ4n) is 3.00. The highest BCUT2D eigenvalue weighted by molar-refractivity contribution is 6.30. The average molecular weight is 360 g/mol. The van der Waals surface area contributed by atoms with E-state index in [0.29, 0.717) is 30.3 Å². The molecule has 1 aliphatic rings. The summed E-state index contributed by atoms with van der Waals surface area (Å²) in [6, 6.07) is 14.0. The van der Waals surface area contributed by atoms with E-state index >= 15 is 0 Å². The second kappa shape index (κ2) is 8.30. The fourth-order valence-corrected chi connectivity index (χ4v) is 3.17. The minimum Gasteiger partial charge on any atom is -0.382 e. The van der Waals surface area contributed by atoms with Crippen molar-refractivity contribution in [3.05, 3.63) is 64.4 Å². The summed E-state index contributed by atoms with van der Waals surface area (Å²) in [7, 11) is 0. The van der Waals surface area contributed by atoms with Gasteiger partial charge in [-0.15, -0.1) is 0 Å². The van der Waals surface area contributed by atoms with Gasteiger partial charge in [-0.25, -0.2) is 4.39 Å². The number of rotatable bonds is 5. The maximum atomic E-state index is 13.3. The van der Waals surface area contributed by atoms with E-state index in [1.165, 1.54) is 12.1 Å². The highest BCUT2D eigenvalue weighted by Gasteiger charge is 2.23. The lowest BCUT2D eigenvalue weighted by Gasteiger charge is -2.35. The first-order valence-electron chi connectivity index (χ1n) is 8.18. The summed E-state index contributed by atoms with van der Waals surface area (Å²) in [5, 5.41) is 13.2. The van der Waals surface area contributed by atoms with E-state index in [0.717, 1.165) is 24.3 Å². The van der Waals surface area contributed by atoms with Crippen LogP contribution in [0.2, 0.25) is 5.02 Å². The monoisotopic (exact) mass is 359 g/mol. The van der Waals surface area contributed by atoms with Gasteiger partial charge < -0.3 is 10.1 Å². The van der Waals surface area contributed by atoms with Crippen LogP contribution in [0.5, 0.6) is 0 Å². The van der Waals surface area contributed by atoms with Crippen LogP contribution in [0, 0.1) is 17.1 Å². The third-order valence-electron chi connectivity index (χ3n) is 4.33. The van der Waals surface area contributed by atoms with Crippen LogP contribution in [0.1, 0.15) is 17.2 Å². The lowest BCUT2D eigenvalue weighted by molar-refractivity contribution is 0.0187. The Morgan fingerprint density at radius 3 is 2.60 bits per heavy atom. The van der Waals surface area contributed by atoms with Gasteiger partial charge in [0.2, 0.25) is 0 Å². The molecule has 0 amide bonds. The molecular weight excluding hydrogens is 341 g/mol. The molecule has 1 aliphatic heterocycles. The average Bonchev–Trinajstić information content (AvgIpc) is 2.65. The number of nitrogens with one attached hydrogen (secondary N) is 1. The van der Waals surface area contributed by atoms with Crippen molar-refractivity contribution >= 4 is 17.3 Å². The third kappa shape index (κ3) is 4.49. The Labute approximate surface area is 151 Å².